The van der Waals surface area contributed by atoms with Gasteiger partial charge in [0.05, 0.1) is 0 Å². The minimum Gasteiger partial charge on any atom is -0.370 e. The van der Waals surface area contributed by atoms with Gasteiger partial charge in [-0.05, 0) is 42.6 Å². The smallest absolute Gasteiger partial charge is 0.218 e. The van der Waals surface area contributed by atoms with Crippen molar-refractivity contribution in [2.75, 3.05) is 19.6 Å². The summed E-state index contributed by atoms with van der Waals surface area (Å²) in [5.41, 5.74) is 8.68. The normalized spacial score (nSPS) is 27.8. The fraction of sp³-hybridized carbons (Fsp3) is 0.591. The third-order valence-electron chi connectivity index (χ3n) is 6.43. The van der Waals surface area contributed by atoms with E-state index in [0.29, 0.717) is 23.9 Å². The van der Waals surface area contributed by atoms with Crippen LogP contribution >= 0.6 is 0 Å². The van der Waals surface area contributed by atoms with Gasteiger partial charge in [0.15, 0.2) is 0 Å². The van der Waals surface area contributed by atoms with Crippen LogP contribution in [0.1, 0.15) is 44.6 Å². The molecule has 26 heavy (non-hydrogen) atoms. The summed E-state index contributed by atoms with van der Waals surface area (Å²) >= 11 is 0. The third kappa shape index (κ3) is 3.86. The fourth-order valence-electron chi connectivity index (χ4n) is 5.02. The van der Waals surface area contributed by atoms with Crippen LogP contribution in [0.4, 0.5) is 0 Å². The molecular weight excluding hydrogens is 322 g/mol. The van der Waals surface area contributed by atoms with Crippen LogP contribution in [-0.2, 0) is 4.79 Å². The zero-order valence-corrected chi connectivity index (χ0v) is 15.8. The molecule has 4 heteroatoms. The minimum atomic E-state index is -0.186. The number of hydrogen-bond acceptors (Lipinski definition) is 3. The Labute approximate surface area is 156 Å². The largest absolute Gasteiger partial charge is 0.370 e. The number of hydrogen-bond donors (Lipinski definition) is 2. The van der Waals surface area contributed by atoms with Gasteiger partial charge in [-0.25, -0.2) is 0 Å². The Morgan fingerprint density at radius 1 is 1.31 bits per heavy atom. The zero-order chi connectivity index (χ0) is 18.1. The first-order chi connectivity index (χ1) is 12.6. The summed E-state index contributed by atoms with van der Waals surface area (Å²) in [6, 6.07) is 12.1. The molecule has 0 bridgehead atoms. The molecule has 4 rings (SSSR count). The lowest BCUT2D eigenvalue weighted by Crippen LogP contribution is -2.66. The van der Waals surface area contributed by atoms with Gasteiger partial charge in [0.1, 0.15) is 0 Å². The number of nitrogens with one attached hydrogen (secondary N) is 1. The van der Waals surface area contributed by atoms with E-state index in [4.69, 9.17) is 5.73 Å². The maximum atomic E-state index is 10.9. The van der Waals surface area contributed by atoms with Crippen LogP contribution in [0.2, 0.25) is 0 Å². The van der Waals surface area contributed by atoms with Crippen molar-refractivity contribution < 1.29 is 4.79 Å². The van der Waals surface area contributed by atoms with Gasteiger partial charge < -0.3 is 16.0 Å². The van der Waals surface area contributed by atoms with E-state index in [9.17, 15) is 4.79 Å². The van der Waals surface area contributed by atoms with Crippen LogP contribution in [0.3, 0.4) is 0 Å². The molecule has 1 aromatic carbocycles. The molecule has 4 nitrogen and oxygen atoms in total. The summed E-state index contributed by atoms with van der Waals surface area (Å²) in [6.45, 7) is 5.42. The molecule has 1 heterocycles. The molecule has 140 valence electrons. The summed E-state index contributed by atoms with van der Waals surface area (Å²) in [4.78, 5) is 13.2. The van der Waals surface area contributed by atoms with Crippen molar-refractivity contribution in [1.82, 2.24) is 10.2 Å². The van der Waals surface area contributed by atoms with Gasteiger partial charge in [0.2, 0.25) is 5.91 Å². The van der Waals surface area contributed by atoms with Gasteiger partial charge in [-0.15, -0.1) is 0 Å². The molecule has 0 aromatic heterocycles. The van der Waals surface area contributed by atoms with Crippen molar-refractivity contribution in [3.05, 3.63) is 41.5 Å². The number of amides is 1. The van der Waals surface area contributed by atoms with E-state index < -0.39 is 0 Å². The lowest BCUT2D eigenvalue weighted by molar-refractivity contribution is -0.120. The number of benzene rings is 1. The Hall–Kier alpha value is -1.65. The molecule has 1 aromatic rings. The number of carbonyl (C=O) groups excluding carboxylic acids is 1. The van der Waals surface area contributed by atoms with Crippen molar-refractivity contribution in [3.63, 3.8) is 0 Å². The predicted octanol–water partition coefficient (Wildman–Crippen LogP) is 2.80. The van der Waals surface area contributed by atoms with E-state index in [0.717, 1.165) is 32.0 Å². The Kier molecular flexibility index (Phi) is 4.89. The van der Waals surface area contributed by atoms with Gasteiger partial charge in [-0.3, -0.25) is 4.79 Å². The maximum Gasteiger partial charge on any atom is 0.218 e. The topological polar surface area (TPSA) is 58.4 Å². The molecule has 1 spiro atoms. The Morgan fingerprint density at radius 3 is 2.69 bits per heavy atom. The van der Waals surface area contributed by atoms with E-state index >= 15 is 0 Å². The minimum absolute atomic E-state index is 0.186. The van der Waals surface area contributed by atoms with Crippen molar-refractivity contribution in [2.45, 2.75) is 51.1 Å². The van der Waals surface area contributed by atoms with Gasteiger partial charge >= 0.3 is 0 Å². The Bertz CT molecular complexity index is 670. The second-order valence-corrected chi connectivity index (χ2v) is 8.63. The number of nitrogens with zero attached hydrogens (tertiary/aromatic N) is 1. The lowest BCUT2D eigenvalue weighted by Gasteiger charge is -2.59. The molecule has 3 N–H and O–H groups in total. The monoisotopic (exact) mass is 353 g/mol. The van der Waals surface area contributed by atoms with Crippen LogP contribution in [0.5, 0.6) is 0 Å². The molecule has 0 radical (unpaired) electrons. The molecule has 1 aliphatic heterocycles. The molecule has 1 amide bonds. The van der Waals surface area contributed by atoms with E-state index in [1.807, 2.05) is 0 Å². The summed E-state index contributed by atoms with van der Waals surface area (Å²) in [5.74, 6) is 0.541. The van der Waals surface area contributed by atoms with Gasteiger partial charge in [0.25, 0.3) is 0 Å². The molecular formula is C22H31N3O. The molecule has 0 unspecified atom stereocenters. The number of nitrogens with two attached hydrogens (primary N) is 1. The highest BCUT2D eigenvalue weighted by molar-refractivity contribution is 5.73. The first-order valence-corrected chi connectivity index (χ1v) is 10.1. The highest BCUT2D eigenvalue weighted by atomic mass is 16.1. The highest BCUT2D eigenvalue weighted by Crippen LogP contribution is 2.50. The van der Waals surface area contributed by atoms with E-state index in [2.05, 4.69) is 53.5 Å². The van der Waals surface area contributed by atoms with E-state index in [1.54, 1.807) is 5.57 Å². The van der Waals surface area contributed by atoms with Crippen LogP contribution in [0.15, 0.2) is 35.9 Å². The number of carbonyl (C=O) groups is 1. The molecule has 2 aliphatic carbocycles. The second-order valence-electron chi connectivity index (χ2n) is 8.63. The average Bonchev–Trinajstić information content (AvgIpc) is 3.32. The lowest BCUT2D eigenvalue weighted by atomic mass is 9.60. The number of rotatable bonds is 8. The van der Waals surface area contributed by atoms with Crippen molar-refractivity contribution in [3.8, 4) is 0 Å². The standard InChI is InChI=1S/C22H31N3O/c1-2-17(10-16-6-4-3-5-7-16)19-11-20(19)24-18-12-22(13-18)14-25(15-22)9-8-21(23)26/h3-7,10,18-20,24H,2,8-9,11-15H2,1H3,(H2,23,26)/b17-10+/t19-,20+/m0/s1. The summed E-state index contributed by atoms with van der Waals surface area (Å²) in [5, 5.41) is 3.90. The van der Waals surface area contributed by atoms with Gasteiger partial charge in [0, 0.05) is 38.1 Å². The average molecular weight is 354 g/mol. The van der Waals surface area contributed by atoms with Crippen molar-refractivity contribution in [1.29, 1.82) is 0 Å². The maximum absolute atomic E-state index is 10.9. The van der Waals surface area contributed by atoms with Crippen LogP contribution in [0, 0.1) is 11.3 Å². The predicted molar refractivity (Wildman–Crippen MR) is 105 cm³/mol. The molecule has 3 aliphatic rings. The van der Waals surface area contributed by atoms with E-state index in [1.165, 1.54) is 24.8 Å². The number of likely N-dealkylation sites (tertiary alicyclic amines) is 1. The number of primary amides is 1. The quantitative estimate of drug-likeness (QED) is 0.755. The third-order valence-corrected chi connectivity index (χ3v) is 6.43. The Balaban J connectivity index is 1.20. The molecule has 2 saturated carbocycles. The van der Waals surface area contributed by atoms with Crippen LogP contribution < -0.4 is 11.1 Å². The first kappa shape index (κ1) is 17.7. The molecule has 1 saturated heterocycles. The van der Waals surface area contributed by atoms with Crippen molar-refractivity contribution >= 4 is 12.0 Å². The zero-order valence-electron chi connectivity index (χ0n) is 15.8. The summed E-state index contributed by atoms with van der Waals surface area (Å²) in [7, 11) is 0. The van der Waals surface area contributed by atoms with Crippen molar-refractivity contribution in [2.24, 2.45) is 17.1 Å². The summed E-state index contributed by atoms with van der Waals surface area (Å²) in [6.07, 6.45) is 7.91. The molecule has 2 atom stereocenters. The fourth-order valence-corrected chi connectivity index (χ4v) is 5.02. The van der Waals surface area contributed by atoms with E-state index in [-0.39, 0.29) is 5.91 Å². The first-order valence-electron chi connectivity index (χ1n) is 10.1. The second kappa shape index (κ2) is 7.16. The van der Waals surface area contributed by atoms with Gasteiger partial charge in [-0.1, -0.05) is 48.9 Å². The van der Waals surface area contributed by atoms with Crippen LogP contribution in [-0.4, -0.2) is 42.5 Å². The summed E-state index contributed by atoms with van der Waals surface area (Å²) < 4.78 is 0. The van der Waals surface area contributed by atoms with Crippen LogP contribution in [0.25, 0.3) is 6.08 Å². The SMILES string of the molecule is CC/C(=C\c1ccccc1)[C@@H]1C[C@H]1NC1CC2(C1)CN(CCC(N)=O)C2. The highest BCUT2D eigenvalue weighted by Gasteiger charge is 2.53. The molecule has 3 fully saturated rings. The Morgan fingerprint density at radius 2 is 2.04 bits per heavy atom. The van der Waals surface area contributed by atoms with Gasteiger partial charge in [-0.2, -0.15) is 0 Å².